The van der Waals surface area contributed by atoms with Crippen molar-refractivity contribution < 1.29 is 23.8 Å². The van der Waals surface area contributed by atoms with E-state index in [0.717, 1.165) is 36.0 Å². The molecule has 5 nitrogen and oxygen atoms in total. The zero-order valence-electron chi connectivity index (χ0n) is 18.5. The summed E-state index contributed by atoms with van der Waals surface area (Å²) in [5, 5.41) is 0. The second kappa shape index (κ2) is 6.56. The van der Waals surface area contributed by atoms with Crippen molar-refractivity contribution in [2.75, 3.05) is 0 Å². The number of rotatable bonds is 3. The van der Waals surface area contributed by atoms with Gasteiger partial charge in [0.05, 0.1) is 6.10 Å². The van der Waals surface area contributed by atoms with Crippen molar-refractivity contribution in [3.8, 4) is 11.5 Å². The van der Waals surface area contributed by atoms with Gasteiger partial charge in [-0.1, -0.05) is 41.0 Å². The number of carbonyl (C=O) groups excluding carboxylic acids is 2. The summed E-state index contributed by atoms with van der Waals surface area (Å²) < 4.78 is 17.7. The van der Waals surface area contributed by atoms with Crippen molar-refractivity contribution in [3.05, 3.63) is 22.8 Å². The van der Waals surface area contributed by atoms with E-state index in [1.807, 2.05) is 0 Å². The Morgan fingerprint density at radius 3 is 2.28 bits per heavy atom. The van der Waals surface area contributed by atoms with Crippen LogP contribution in [0.25, 0.3) is 0 Å². The highest BCUT2D eigenvalue weighted by Crippen LogP contribution is 2.68. The molecule has 0 aromatic heterocycles. The predicted octanol–water partition coefficient (Wildman–Crippen LogP) is 5.20. The summed E-state index contributed by atoms with van der Waals surface area (Å²) in [5.74, 6) is 0.426. The molecule has 5 heteroatoms. The Hall–Kier alpha value is -1.88. The molecule has 1 heterocycles. The van der Waals surface area contributed by atoms with E-state index in [9.17, 15) is 9.59 Å². The summed E-state index contributed by atoms with van der Waals surface area (Å²) in [7, 11) is 0. The Morgan fingerprint density at radius 1 is 1.07 bits per heavy atom. The molecule has 158 valence electrons. The molecule has 2 fully saturated rings. The maximum absolute atomic E-state index is 12.1. The largest absolute Gasteiger partial charge is 0.422 e. The van der Waals surface area contributed by atoms with Crippen molar-refractivity contribution in [2.45, 2.75) is 91.3 Å². The first-order valence-corrected chi connectivity index (χ1v) is 10.7. The third kappa shape index (κ3) is 3.09. The average Bonchev–Trinajstić information content (AvgIpc) is 3.33. The molecule has 0 amide bonds. The van der Waals surface area contributed by atoms with Crippen LogP contribution in [0, 0.1) is 11.3 Å². The minimum absolute atomic E-state index is 0.0265. The summed E-state index contributed by atoms with van der Waals surface area (Å²) in [6.07, 6.45) is 3.48. The number of hydrogen-bond acceptors (Lipinski definition) is 5. The number of esters is 2. The summed E-state index contributed by atoms with van der Waals surface area (Å²) in [5.41, 5.74) is 2.90. The monoisotopic (exact) mass is 400 g/mol. The molecule has 1 saturated heterocycles. The van der Waals surface area contributed by atoms with E-state index in [0.29, 0.717) is 17.4 Å². The summed E-state index contributed by atoms with van der Waals surface area (Å²) >= 11 is 0. The highest BCUT2D eigenvalue weighted by molar-refractivity contribution is 5.77. The quantitative estimate of drug-likeness (QED) is 0.396. The van der Waals surface area contributed by atoms with Crippen LogP contribution in [0.3, 0.4) is 0 Å². The highest BCUT2D eigenvalue weighted by atomic mass is 16.6. The number of carbonyl (C=O) groups is 2. The van der Waals surface area contributed by atoms with Gasteiger partial charge >= 0.3 is 11.9 Å². The maximum atomic E-state index is 12.1. The summed E-state index contributed by atoms with van der Waals surface area (Å²) in [4.78, 5) is 24.1. The molecule has 1 aromatic carbocycles. The summed E-state index contributed by atoms with van der Waals surface area (Å²) in [6.45, 7) is 13.8. The molecule has 2 aliphatic carbocycles. The number of ether oxygens (including phenoxy) is 3. The van der Waals surface area contributed by atoms with Crippen molar-refractivity contribution in [1.82, 2.24) is 0 Å². The first-order chi connectivity index (χ1) is 13.5. The van der Waals surface area contributed by atoms with E-state index >= 15 is 0 Å². The van der Waals surface area contributed by atoms with Crippen LogP contribution in [0.4, 0.5) is 0 Å². The van der Waals surface area contributed by atoms with Gasteiger partial charge in [0.25, 0.3) is 0 Å². The van der Waals surface area contributed by atoms with Gasteiger partial charge in [-0.2, -0.15) is 0 Å². The number of benzene rings is 1. The topological polar surface area (TPSA) is 65.1 Å². The van der Waals surface area contributed by atoms with Crippen LogP contribution in [0.15, 0.2) is 6.07 Å². The molecule has 0 N–H and O–H groups in total. The maximum Gasteiger partial charge on any atom is 0.308 e. The Balaban J connectivity index is 2.03. The molecule has 4 rings (SSSR count). The minimum Gasteiger partial charge on any atom is -0.422 e. The molecular weight excluding hydrogens is 368 g/mol. The SMILES string of the molecule is CC(=O)Oc1c(C(C)C)cc2c(c1OC(C)=O)[C@@]1(C)CCCC(C)(C)[C@@H]1[C@H]1O[C@@H]21. The third-order valence-corrected chi connectivity index (χ3v) is 7.19. The molecular formula is C24H32O5. The van der Waals surface area contributed by atoms with Crippen LogP contribution >= 0.6 is 0 Å². The van der Waals surface area contributed by atoms with Crippen LogP contribution in [0.5, 0.6) is 11.5 Å². The molecule has 29 heavy (non-hydrogen) atoms. The van der Waals surface area contributed by atoms with Crippen LogP contribution < -0.4 is 9.47 Å². The van der Waals surface area contributed by atoms with Crippen molar-refractivity contribution in [2.24, 2.45) is 11.3 Å². The number of epoxide rings is 1. The minimum atomic E-state index is -0.415. The van der Waals surface area contributed by atoms with Crippen LogP contribution in [-0.4, -0.2) is 18.0 Å². The van der Waals surface area contributed by atoms with Gasteiger partial charge in [0, 0.05) is 36.3 Å². The lowest BCUT2D eigenvalue weighted by molar-refractivity contribution is -0.134. The predicted molar refractivity (Wildman–Crippen MR) is 109 cm³/mol. The Morgan fingerprint density at radius 2 is 1.69 bits per heavy atom. The fourth-order valence-corrected chi connectivity index (χ4v) is 6.21. The molecule has 0 bridgehead atoms. The standard InChI is InChI=1S/C24H32O5/c1-12(2)15-11-16-17(20(28-14(4)26)18(15)27-13(3)25)24(7)10-8-9-23(5,6)22(24)21-19(16)29-21/h11-12,19,21-22H,8-10H2,1-7H3/t19-,21-,22-,24+/m0/s1. The van der Waals surface area contributed by atoms with Crippen molar-refractivity contribution in [1.29, 1.82) is 0 Å². The van der Waals surface area contributed by atoms with E-state index in [1.165, 1.54) is 13.8 Å². The van der Waals surface area contributed by atoms with Crippen molar-refractivity contribution in [3.63, 3.8) is 0 Å². The molecule has 4 atom stereocenters. The molecule has 1 aliphatic heterocycles. The zero-order chi connectivity index (χ0) is 21.3. The van der Waals surface area contributed by atoms with E-state index in [2.05, 4.69) is 40.7 Å². The average molecular weight is 401 g/mol. The van der Waals surface area contributed by atoms with Gasteiger partial charge in [0.2, 0.25) is 0 Å². The molecule has 0 radical (unpaired) electrons. The normalized spacial score (nSPS) is 31.4. The van der Waals surface area contributed by atoms with E-state index < -0.39 is 11.9 Å². The van der Waals surface area contributed by atoms with Crippen LogP contribution in [0.2, 0.25) is 0 Å². The Bertz CT molecular complexity index is 884. The molecule has 1 aromatic rings. The van der Waals surface area contributed by atoms with Gasteiger partial charge in [0.15, 0.2) is 11.5 Å². The number of fused-ring (bicyclic) bond motifs is 6. The second-order valence-electron chi connectivity index (χ2n) is 10.2. The Labute approximate surface area is 173 Å². The molecule has 0 unspecified atom stereocenters. The fourth-order valence-electron chi connectivity index (χ4n) is 6.21. The fraction of sp³-hybridized carbons (Fsp3) is 0.667. The van der Waals surface area contributed by atoms with Gasteiger partial charge in [-0.3, -0.25) is 9.59 Å². The van der Waals surface area contributed by atoms with E-state index in [1.54, 1.807) is 0 Å². The summed E-state index contributed by atoms with van der Waals surface area (Å²) in [6, 6.07) is 2.12. The van der Waals surface area contributed by atoms with Crippen LogP contribution in [0.1, 0.15) is 96.4 Å². The molecule has 1 saturated carbocycles. The number of hydrogen-bond donors (Lipinski definition) is 0. The smallest absolute Gasteiger partial charge is 0.308 e. The van der Waals surface area contributed by atoms with Crippen LogP contribution in [-0.2, 0) is 19.7 Å². The van der Waals surface area contributed by atoms with E-state index in [4.69, 9.17) is 14.2 Å². The van der Waals surface area contributed by atoms with E-state index in [-0.39, 0.29) is 29.0 Å². The second-order valence-corrected chi connectivity index (χ2v) is 10.2. The van der Waals surface area contributed by atoms with Gasteiger partial charge in [-0.05, 0) is 35.8 Å². The molecule has 3 aliphatic rings. The zero-order valence-corrected chi connectivity index (χ0v) is 18.5. The molecule has 0 spiro atoms. The lowest BCUT2D eigenvalue weighted by atomic mass is 9.50. The lowest BCUT2D eigenvalue weighted by Crippen LogP contribution is -2.50. The van der Waals surface area contributed by atoms with Gasteiger partial charge < -0.3 is 14.2 Å². The van der Waals surface area contributed by atoms with Gasteiger partial charge in [-0.25, -0.2) is 0 Å². The van der Waals surface area contributed by atoms with Gasteiger partial charge in [0.1, 0.15) is 6.10 Å². The third-order valence-electron chi connectivity index (χ3n) is 7.19. The first kappa shape index (κ1) is 20.4. The Kier molecular flexibility index (Phi) is 4.61. The lowest BCUT2D eigenvalue weighted by Gasteiger charge is -2.53. The first-order valence-electron chi connectivity index (χ1n) is 10.7. The highest BCUT2D eigenvalue weighted by Gasteiger charge is 2.65. The van der Waals surface area contributed by atoms with Gasteiger partial charge in [-0.15, -0.1) is 0 Å². The van der Waals surface area contributed by atoms with Crippen molar-refractivity contribution >= 4 is 11.9 Å².